The van der Waals surface area contributed by atoms with Gasteiger partial charge < -0.3 is 15.0 Å². The van der Waals surface area contributed by atoms with Crippen LogP contribution in [0.5, 0.6) is 5.75 Å². The summed E-state index contributed by atoms with van der Waals surface area (Å²) in [5, 5.41) is 3.98. The molecule has 1 fully saturated rings. The molecule has 0 radical (unpaired) electrons. The van der Waals surface area contributed by atoms with Crippen LogP contribution in [0.2, 0.25) is 10.0 Å². The molecular weight excluding hydrogens is 527 g/mol. The monoisotopic (exact) mass is 554 g/mol. The van der Waals surface area contributed by atoms with Crippen molar-refractivity contribution in [3.63, 3.8) is 0 Å². The summed E-state index contributed by atoms with van der Waals surface area (Å²) in [6, 6.07) is 10.4. The molecule has 1 N–H and O–H groups in total. The number of nitrogens with one attached hydrogen (secondary N) is 1. The van der Waals surface area contributed by atoms with E-state index in [1.165, 1.54) is 0 Å². The maximum Gasteiger partial charge on any atom is 0.261 e. The summed E-state index contributed by atoms with van der Waals surface area (Å²) in [6.07, 6.45) is 4.69. The highest BCUT2D eigenvalue weighted by atomic mass is 79.9. The number of carbonyl (C=O) groups is 2. The van der Waals surface area contributed by atoms with E-state index >= 15 is 0 Å². The molecule has 0 aliphatic heterocycles. The number of hydrogen-bond acceptors (Lipinski definition) is 3. The van der Waals surface area contributed by atoms with Crippen LogP contribution < -0.4 is 10.1 Å². The summed E-state index contributed by atoms with van der Waals surface area (Å²) in [6.45, 7) is 3.92. The van der Waals surface area contributed by atoms with Gasteiger partial charge in [-0.2, -0.15) is 0 Å². The lowest BCUT2D eigenvalue weighted by Crippen LogP contribution is -2.52. The third kappa shape index (κ3) is 7.11. The lowest BCUT2D eigenvalue weighted by atomic mass is 10.1. The highest BCUT2D eigenvalue weighted by Gasteiger charge is 2.31. The van der Waals surface area contributed by atoms with Crippen molar-refractivity contribution in [2.45, 2.75) is 64.6 Å². The Balaban J connectivity index is 1.78. The van der Waals surface area contributed by atoms with Gasteiger partial charge in [0.1, 0.15) is 11.8 Å². The van der Waals surface area contributed by atoms with E-state index in [2.05, 4.69) is 21.2 Å². The van der Waals surface area contributed by atoms with Crippen LogP contribution in [-0.4, -0.2) is 35.4 Å². The van der Waals surface area contributed by atoms with Crippen LogP contribution in [0, 0.1) is 6.92 Å². The molecule has 1 aliphatic rings. The first-order valence-electron chi connectivity index (χ1n) is 11.2. The Morgan fingerprint density at radius 3 is 2.52 bits per heavy atom. The molecule has 0 aromatic heterocycles. The molecule has 3 rings (SSSR count). The van der Waals surface area contributed by atoms with E-state index in [1.807, 2.05) is 32.0 Å². The molecule has 2 aromatic carbocycles. The van der Waals surface area contributed by atoms with Crippen LogP contribution in [0.1, 0.15) is 50.2 Å². The van der Waals surface area contributed by atoms with E-state index < -0.39 is 6.04 Å². The minimum absolute atomic E-state index is 0.128. The predicted molar refractivity (Wildman–Crippen MR) is 136 cm³/mol. The molecule has 178 valence electrons. The molecule has 8 heteroatoms. The molecule has 1 atom stereocenters. The van der Waals surface area contributed by atoms with Crippen molar-refractivity contribution < 1.29 is 14.3 Å². The standard InChI is InChI=1S/C25H29BrCl2N2O3/c1-3-23(25(32)29-18-6-4-5-7-18)30(14-17-8-11-21(27)22(28)13-17)24(31)15-33-19-9-10-20(26)16(2)12-19/h8-13,18,23H,3-7,14-15H2,1-2H3,(H,29,32)/t23-/m1/s1. The third-order valence-electron chi connectivity index (χ3n) is 5.92. The molecule has 0 spiro atoms. The highest BCUT2D eigenvalue weighted by Crippen LogP contribution is 2.25. The van der Waals surface area contributed by atoms with Crippen LogP contribution in [0.15, 0.2) is 40.9 Å². The lowest BCUT2D eigenvalue weighted by Gasteiger charge is -2.31. The van der Waals surface area contributed by atoms with E-state index in [4.69, 9.17) is 27.9 Å². The van der Waals surface area contributed by atoms with Crippen molar-refractivity contribution in [1.82, 2.24) is 10.2 Å². The Morgan fingerprint density at radius 1 is 1.15 bits per heavy atom. The average Bonchev–Trinajstić information content (AvgIpc) is 3.29. The van der Waals surface area contributed by atoms with Crippen molar-refractivity contribution in [3.8, 4) is 5.75 Å². The Morgan fingerprint density at radius 2 is 1.88 bits per heavy atom. The zero-order valence-electron chi connectivity index (χ0n) is 18.9. The Labute approximate surface area is 213 Å². The maximum atomic E-state index is 13.3. The first-order valence-corrected chi connectivity index (χ1v) is 12.8. The molecule has 5 nitrogen and oxygen atoms in total. The van der Waals surface area contributed by atoms with Crippen molar-refractivity contribution in [2.75, 3.05) is 6.61 Å². The number of carbonyl (C=O) groups excluding carboxylic acids is 2. The van der Waals surface area contributed by atoms with Crippen LogP contribution in [0.4, 0.5) is 0 Å². The van der Waals surface area contributed by atoms with E-state index in [1.54, 1.807) is 23.1 Å². The second-order valence-electron chi connectivity index (χ2n) is 8.38. The van der Waals surface area contributed by atoms with Crippen LogP contribution in [0.3, 0.4) is 0 Å². The van der Waals surface area contributed by atoms with Gasteiger partial charge in [0.25, 0.3) is 5.91 Å². The molecule has 1 aliphatic carbocycles. The van der Waals surface area contributed by atoms with Gasteiger partial charge in [-0.3, -0.25) is 9.59 Å². The zero-order chi connectivity index (χ0) is 24.0. The minimum atomic E-state index is -0.609. The van der Waals surface area contributed by atoms with Gasteiger partial charge in [-0.1, -0.05) is 65.0 Å². The Kier molecular flexibility index (Phi) is 9.47. The molecule has 0 heterocycles. The van der Waals surface area contributed by atoms with Crippen LogP contribution in [-0.2, 0) is 16.1 Å². The number of nitrogens with zero attached hydrogens (tertiary/aromatic N) is 1. The first kappa shape index (κ1) is 25.9. The van der Waals surface area contributed by atoms with E-state index in [0.29, 0.717) is 22.2 Å². The van der Waals surface area contributed by atoms with Gasteiger partial charge in [0.2, 0.25) is 5.91 Å². The second-order valence-corrected chi connectivity index (χ2v) is 10.1. The molecule has 0 saturated heterocycles. The molecule has 0 bridgehead atoms. The minimum Gasteiger partial charge on any atom is -0.484 e. The van der Waals surface area contributed by atoms with Crippen molar-refractivity contribution in [3.05, 3.63) is 62.0 Å². The predicted octanol–water partition coefficient (Wildman–Crippen LogP) is 6.31. The lowest BCUT2D eigenvalue weighted by molar-refractivity contribution is -0.143. The number of amides is 2. The second kappa shape index (κ2) is 12.1. The van der Waals surface area contributed by atoms with Crippen molar-refractivity contribution in [2.24, 2.45) is 0 Å². The summed E-state index contributed by atoms with van der Waals surface area (Å²) in [4.78, 5) is 28.0. The number of benzene rings is 2. The summed E-state index contributed by atoms with van der Waals surface area (Å²) >= 11 is 15.7. The zero-order valence-corrected chi connectivity index (χ0v) is 22.0. The molecule has 2 amide bonds. The Bertz CT molecular complexity index is 996. The molecule has 1 saturated carbocycles. The third-order valence-corrected chi connectivity index (χ3v) is 7.54. The quantitative estimate of drug-likeness (QED) is 0.394. The largest absolute Gasteiger partial charge is 0.484 e. The molecule has 0 unspecified atom stereocenters. The number of rotatable bonds is 9. The van der Waals surface area contributed by atoms with Crippen molar-refractivity contribution >= 4 is 50.9 Å². The maximum absolute atomic E-state index is 13.3. The summed E-state index contributed by atoms with van der Waals surface area (Å²) in [7, 11) is 0. The van der Waals surface area contributed by atoms with Gasteiger partial charge in [0.05, 0.1) is 10.0 Å². The van der Waals surface area contributed by atoms with Crippen LogP contribution >= 0.6 is 39.1 Å². The van der Waals surface area contributed by atoms with E-state index in [9.17, 15) is 9.59 Å². The highest BCUT2D eigenvalue weighted by molar-refractivity contribution is 9.10. The molecular formula is C25H29BrCl2N2O3. The fraction of sp³-hybridized carbons (Fsp3) is 0.440. The van der Waals surface area contributed by atoms with E-state index in [0.717, 1.165) is 41.3 Å². The van der Waals surface area contributed by atoms with Gasteiger partial charge in [0.15, 0.2) is 6.61 Å². The number of halogens is 3. The summed E-state index contributed by atoms with van der Waals surface area (Å²) in [5.41, 5.74) is 1.80. The number of hydrogen-bond donors (Lipinski definition) is 1. The normalized spacial score (nSPS) is 14.7. The molecule has 2 aromatic rings. The summed E-state index contributed by atoms with van der Waals surface area (Å²) in [5.74, 6) is 0.203. The fourth-order valence-electron chi connectivity index (χ4n) is 4.06. The van der Waals surface area contributed by atoms with Gasteiger partial charge in [-0.25, -0.2) is 0 Å². The van der Waals surface area contributed by atoms with Gasteiger partial charge >= 0.3 is 0 Å². The van der Waals surface area contributed by atoms with Gasteiger partial charge in [0, 0.05) is 17.1 Å². The Hall–Kier alpha value is -1.76. The van der Waals surface area contributed by atoms with Crippen LogP contribution in [0.25, 0.3) is 0 Å². The smallest absolute Gasteiger partial charge is 0.261 e. The number of aryl methyl sites for hydroxylation is 1. The first-order chi connectivity index (χ1) is 15.8. The summed E-state index contributed by atoms with van der Waals surface area (Å²) < 4.78 is 6.75. The van der Waals surface area contributed by atoms with Gasteiger partial charge in [-0.05, 0) is 67.6 Å². The van der Waals surface area contributed by atoms with Crippen molar-refractivity contribution in [1.29, 1.82) is 0 Å². The number of ether oxygens (including phenoxy) is 1. The van der Waals surface area contributed by atoms with Gasteiger partial charge in [-0.15, -0.1) is 0 Å². The van der Waals surface area contributed by atoms with E-state index in [-0.39, 0.29) is 31.0 Å². The SMILES string of the molecule is CC[C@H](C(=O)NC1CCCC1)N(Cc1ccc(Cl)c(Cl)c1)C(=O)COc1ccc(Br)c(C)c1. The molecule has 33 heavy (non-hydrogen) atoms. The topological polar surface area (TPSA) is 58.6 Å². The average molecular weight is 556 g/mol. The fourth-order valence-corrected chi connectivity index (χ4v) is 4.62.